The Morgan fingerprint density at radius 3 is 1.57 bits per heavy atom. The summed E-state index contributed by atoms with van der Waals surface area (Å²) in [5.41, 5.74) is 13.1. The molecule has 1 nitrogen and oxygen atoms in total. The number of hydrogen-bond acceptors (Lipinski definition) is 2. The van der Waals surface area contributed by atoms with E-state index in [9.17, 15) is 0 Å². The molecule has 0 N–H and O–H groups in total. The van der Waals surface area contributed by atoms with Crippen LogP contribution in [0.2, 0.25) is 0 Å². The second-order valence-corrected chi connectivity index (χ2v) is 15.9. The summed E-state index contributed by atoms with van der Waals surface area (Å²) in [6, 6.07) is 81.9. The Balaban J connectivity index is 1.13. The van der Waals surface area contributed by atoms with Crippen molar-refractivity contribution in [2.45, 2.75) is 0 Å². The minimum atomic E-state index is 1.11. The molecular formula is C56H37NS. The minimum Gasteiger partial charge on any atom is -0.309 e. The molecule has 272 valence electrons. The Morgan fingerprint density at radius 1 is 0.276 bits per heavy atom. The highest BCUT2D eigenvalue weighted by Gasteiger charge is 2.22. The topological polar surface area (TPSA) is 3.24 Å². The SMILES string of the molecule is c1ccc(-c2cc(N(c3ccc(-c4ccc5ccccc5c4)cc3)c3ccc(-c4cccc5ccccc45)cc3)c3sc4c(-c5ccccc5)cccc4c3c2)cc1. The van der Waals surface area contributed by atoms with Gasteiger partial charge in [-0.3, -0.25) is 0 Å². The van der Waals surface area contributed by atoms with E-state index in [1.807, 2.05) is 11.3 Å². The van der Waals surface area contributed by atoms with Gasteiger partial charge in [-0.15, -0.1) is 11.3 Å². The lowest BCUT2D eigenvalue weighted by Gasteiger charge is -2.27. The lowest BCUT2D eigenvalue weighted by molar-refractivity contribution is 1.30. The lowest BCUT2D eigenvalue weighted by Crippen LogP contribution is -2.10. The van der Waals surface area contributed by atoms with E-state index in [1.165, 1.54) is 86.2 Å². The molecule has 0 aliphatic carbocycles. The summed E-state index contributed by atoms with van der Waals surface area (Å²) in [6.45, 7) is 0. The Hall–Kier alpha value is -7.26. The molecule has 0 saturated heterocycles. The second-order valence-electron chi connectivity index (χ2n) is 14.9. The molecule has 0 atom stereocenters. The number of benzene rings is 10. The van der Waals surface area contributed by atoms with Crippen LogP contribution in [0.4, 0.5) is 17.1 Å². The first kappa shape index (κ1) is 34.0. The van der Waals surface area contributed by atoms with Crippen LogP contribution in [-0.2, 0) is 0 Å². The summed E-state index contributed by atoms with van der Waals surface area (Å²) in [5.74, 6) is 0. The molecule has 0 spiro atoms. The molecule has 0 unspecified atom stereocenters. The molecule has 0 bridgehead atoms. The van der Waals surface area contributed by atoms with Crippen molar-refractivity contribution in [3.8, 4) is 44.5 Å². The van der Waals surface area contributed by atoms with Crippen LogP contribution >= 0.6 is 11.3 Å². The zero-order valence-corrected chi connectivity index (χ0v) is 32.5. The van der Waals surface area contributed by atoms with Crippen molar-refractivity contribution in [1.29, 1.82) is 0 Å². The van der Waals surface area contributed by atoms with Gasteiger partial charge in [-0.05, 0) is 109 Å². The van der Waals surface area contributed by atoms with E-state index >= 15 is 0 Å². The molecular weight excluding hydrogens is 719 g/mol. The third kappa shape index (κ3) is 6.03. The van der Waals surface area contributed by atoms with E-state index in [-0.39, 0.29) is 0 Å². The standard InChI is InChI=1S/C56H37NS/c1-3-13-38(14-4-1)46-36-53-52-24-12-23-51(42-16-5-2-6-17-42)55(52)58-56(53)54(37-46)57(47-31-27-40(28-32-47)45-26-25-39-15-7-8-19-44(39)35-45)48-33-29-43(30-34-48)50-22-11-20-41-18-9-10-21-49(41)50/h1-37H. The molecule has 11 rings (SSSR count). The predicted octanol–water partition coefficient (Wildman–Crippen LogP) is 16.5. The van der Waals surface area contributed by atoms with Crippen LogP contribution in [0.15, 0.2) is 224 Å². The van der Waals surface area contributed by atoms with Crippen LogP contribution in [0.25, 0.3) is 86.2 Å². The summed E-state index contributed by atoms with van der Waals surface area (Å²) in [7, 11) is 0. The minimum absolute atomic E-state index is 1.11. The predicted molar refractivity (Wildman–Crippen MR) is 251 cm³/mol. The fraction of sp³-hybridized carbons (Fsp3) is 0. The number of rotatable bonds is 7. The van der Waals surface area contributed by atoms with Gasteiger partial charge in [-0.1, -0.05) is 182 Å². The van der Waals surface area contributed by atoms with Crippen LogP contribution in [-0.4, -0.2) is 0 Å². The van der Waals surface area contributed by atoms with Crippen molar-refractivity contribution < 1.29 is 0 Å². The second kappa shape index (κ2) is 14.4. The van der Waals surface area contributed by atoms with Gasteiger partial charge in [-0.25, -0.2) is 0 Å². The van der Waals surface area contributed by atoms with Crippen LogP contribution in [0.3, 0.4) is 0 Å². The highest BCUT2D eigenvalue weighted by Crippen LogP contribution is 2.49. The molecule has 0 fully saturated rings. The van der Waals surface area contributed by atoms with Gasteiger partial charge in [-0.2, -0.15) is 0 Å². The molecule has 10 aromatic carbocycles. The van der Waals surface area contributed by atoms with E-state index in [0.717, 1.165) is 17.1 Å². The quantitative estimate of drug-likeness (QED) is 0.157. The first-order valence-electron chi connectivity index (χ1n) is 19.8. The van der Waals surface area contributed by atoms with E-state index in [4.69, 9.17) is 0 Å². The Bertz CT molecular complexity index is 3250. The van der Waals surface area contributed by atoms with Crippen molar-refractivity contribution in [2.75, 3.05) is 4.90 Å². The smallest absolute Gasteiger partial charge is 0.0646 e. The fourth-order valence-corrected chi connectivity index (χ4v) is 9.88. The van der Waals surface area contributed by atoms with Crippen molar-refractivity contribution >= 4 is 70.1 Å². The highest BCUT2D eigenvalue weighted by molar-refractivity contribution is 7.27. The Kier molecular flexibility index (Phi) is 8.42. The Morgan fingerprint density at radius 2 is 0.810 bits per heavy atom. The molecule has 1 aromatic heterocycles. The first-order chi connectivity index (χ1) is 28.7. The monoisotopic (exact) mass is 755 g/mol. The summed E-state index contributed by atoms with van der Waals surface area (Å²) < 4.78 is 2.56. The van der Waals surface area contributed by atoms with Gasteiger partial charge >= 0.3 is 0 Å². The Labute approximate surface area is 342 Å². The lowest BCUT2D eigenvalue weighted by atomic mass is 9.97. The van der Waals surface area contributed by atoms with E-state index < -0.39 is 0 Å². The molecule has 11 aromatic rings. The van der Waals surface area contributed by atoms with Crippen molar-refractivity contribution in [3.05, 3.63) is 224 Å². The molecule has 0 aliphatic heterocycles. The normalized spacial score (nSPS) is 11.4. The van der Waals surface area contributed by atoms with E-state index in [1.54, 1.807) is 0 Å². The molecule has 0 radical (unpaired) electrons. The van der Waals surface area contributed by atoms with Crippen LogP contribution in [0, 0.1) is 0 Å². The van der Waals surface area contributed by atoms with Gasteiger partial charge in [0.25, 0.3) is 0 Å². The fourth-order valence-electron chi connectivity index (χ4n) is 8.56. The van der Waals surface area contributed by atoms with Gasteiger partial charge in [0.05, 0.1) is 10.4 Å². The van der Waals surface area contributed by atoms with Crippen molar-refractivity contribution in [3.63, 3.8) is 0 Å². The zero-order valence-electron chi connectivity index (χ0n) is 31.7. The van der Waals surface area contributed by atoms with Gasteiger partial charge < -0.3 is 4.90 Å². The summed E-state index contributed by atoms with van der Waals surface area (Å²) >= 11 is 1.89. The summed E-state index contributed by atoms with van der Waals surface area (Å²) in [4.78, 5) is 2.46. The third-order valence-electron chi connectivity index (χ3n) is 11.4. The summed E-state index contributed by atoms with van der Waals surface area (Å²) in [6.07, 6.45) is 0. The first-order valence-corrected chi connectivity index (χ1v) is 20.6. The van der Waals surface area contributed by atoms with Crippen LogP contribution < -0.4 is 4.90 Å². The van der Waals surface area contributed by atoms with Gasteiger partial charge in [0.1, 0.15) is 0 Å². The molecule has 0 saturated carbocycles. The van der Waals surface area contributed by atoms with Crippen LogP contribution in [0.1, 0.15) is 0 Å². The average Bonchev–Trinajstić information content (AvgIpc) is 3.69. The zero-order chi connectivity index (χ0) is 38.4. The number of fused-ring (bicyclic) bond motifs is 5. The largest absolute Gasteiger partial charge is 0.309 e. The molecule has 0 aliphatic rings. The van der Waals surface area contributed by atoms with Gasteiger partial charge in [0.15, 0.2) is 0 Å². The molecule has 58 heavy (non-hydrogen) atoms. The molecule has 1 heterocycles. The van der Waals surface area contributed by atoms with Gasteiger partial charge in [0.2, 0.25) is 0 Å². The van der Waals surface area contributed by atoms with E-state index in [2.05, 4.69) is 229 Å². The maximum absolute atomic E-state index is 2.46. The maximum atomic E-state index is 2.46. The number of hydrogen-bond donors (Lipinski definition) is 0. The summed E-state index contributed by atoms with van der Waals surface area (Å²) in [5, 5.41) is 7.55. The third-order valence-corrected chi connectivity index (χ3v) is 12.7. The maximum Gasteiger partial charge on any atom is 0.0646 e. The van der Waals surface area contributed by atoms with Crippen molar-refractivity contribution in [2.24, 2.45) is 0 Å². The number of anilines is 3. The number of nitrogens with zero attached hydrogens (tertiary/aromatic N) is 1. The molecule has 0 amide bonds. The van der Waals surface area contributed by atoms with Crippen molar-refractivity contribution in [1.82, 2.24) is 0 Å². The average molecular weight is 756 g/mol. The van der Waals surface area contributed by atoms with E-state index in [0.29, 0.717) is 0 Å². The van der Waals surface area contributed by atoms with Gasteiger partial charge in [0, 0.05) is 26.8 Å². The number of thiophene rings is 1. The highest BCUT2D eigenvalue weighted by atomic mass is 32.1. The molecule has 2 heteroatoms. The van der Waals surface area contributed by atoms with Crippen LogP contribution in [0.5, 0.6) is 0 Å².